The lowest BCUT2D eigenvalue weighted by Crippen LogP contribution is -2.32. The van der Waals surface area contributed by atoms with E-state index < -0.39 is 0 Å². The summed E-state index contributed by atoms with van der Waals surface area (Å²) in [5, 5.41) is 22.8. The summed E-state index contributed by atoms with van der Waals surface area (Å²) in [6.45, 7) is 2.21. The Morgan fingerprint density at radius 2 is 1.94 bits per heavy atom. The average molecular weight is 426 g/mol. The van der Waals surface area contributed by atoms with Crippen molar-refractivity contribution >= 4 is 17.4 Å². The van der Waals surface area contributed by atoms with E-state index in [1.54, 1.807) is 0 Å². The molecule has 2 aromatic carbocycles. The second-order valence-corrected chi connectivity index (χ2v) is 7.28. The van der Waals surface area contributed by atoms with E-state index in [2.05, 4.69) is 26.9 Å². The Morgan fingerprint density at radius 1 is 1.09 bits per heavy atom. The SMILES string of the molecule is CC(NC(=O)Nc1cccc(COc2ccc(CC#N)cc2)c1)c1nnc2ccccn12. The zero-order valence-electron chi connectivity index (χ0n) is 17.5. The second-order valence-electron chi connectivity index (χ2n) is 7.28. The van der Waals surface area contributed by atoms with E-state index in [0.29, 0.717) is 24.5 Å². The number of fused-ring (bicyclic) bond motifs is 1. The number of carbonyl (C=O) groups excluding carboxylic acids is 1. The van der Waals surface area contributed by atoms with Gasteiger partial charge in [-0.2, -0.15) is 5.26 Å². The van der Waals surface area contributed by atoms with Gasteiger partial charge in [-0.05, 0) is 54.4 Å². The van der Waals surface area contributed by atoms with Crippen LogP contribution in [0.2, 0.25) is 0 Å². The van der Waals surface area contributed by atoms with Crippen LogP contribution >= 0.6 is 0 Å². The van der Waals surface area contributed by atoms with Gasteiger partial charge in [0.2, 0.25) is 0 Å². The van der Waals surface area contributed by atoms with Crippen molar-refractivity contribution in [3.05, 3.63) is 89.9 Å². The van der Waals surface area contributed by atoms with E-state index in [1.165, 1.54) is 0 Å². The lowest BCUT2D eigenvalue weighted by Gasteiger charge is -2.14. The van der Waals surface area contributed by atoms with Crippen molar-refractivity contribution in [3.63, 3.8) is 0 Å². The van der Waals surface area contributed by atoms with Crippen molar-refractivity contribution in [1.82, 2.24) is 19.9 Å². The Morgan fingerprint density at radius 3 is 2.75 bits per heavy atom. The van der Waals surface area contributed by atoms with Gasteiger partial charge in [-0.3, -0.25) is 4.40 Å². The molecule has 1 unspecified atom stereocenters. The van der Waals surface area contributed by atoms with Gasteiger partial charge in [0.15, 0.2) is 11.5 Å². The molecule has 8 heteroatoms. The molecule has 0 bridgehead atoms. The van der Waals surface area contributed by atoms with Gasteiger partial charge in [0.05, 0.1) is 18.5 Å². The van der Waals surface area contributed by atoms with Crippen LogP contribution in [0.4, 0.5) is 10.5 Å². The predicted octanol–water partition coefficient (Wildman–Crippen LogP) is 4.26. The van der Waals surface area contributed by atoms with Gasteiger partial charge in [-0.1, -0.05) is 30.3 Å². The lowest BCUT2D eigenvalue weighted by molar-refractivity contribution is 0.249. The van der Waals surface area contributed by atoms with Crippen LogP contribution in [-0.2, 0) is 13.0 Å². The molecule has 0 fully saturated rings. The number of nitrogens with one attached hydrogen (secondary N) is 2. The Kier molecular flexibility index (Phi) is 6.28. The average Bonchev–Trinajstić information content (AvgIpc) is 3.23. The van der Waals surface area contributed by atoms with Crippen molar-refractivity contribution in [2.75, 3.05) is 5.32 Å². The molecular formula is C24H22N6O2. The van der Waals surface area contributed by atoms with Gasteiger partial charge in [-0.25, -0.2) is 4.79 Å². The molecule has 2 aromatic heterocycles. The molecule has 0 aliphatic heterocycles. The third kappa shape index (κ3) is 5.02. The summed E-state index contributed by atoms with van der Waals surface area (Å²) in [5.74, 6) is 1.37. The number of anilines is 1. The van der Waals surface area contributed by atoms with Crippen molar-refractivity contribution in [1.29, 1.82) is 5.26 Å². The standard InChI is InChI=1S/C24H22N6O2/c1-17(23-29-28-22-7-2-3-14-30(22)23)26-24(31)27-20-6-4-5-19(15-20)16-32-21-10-8-18(9-11-21)12-13-25/h2-11,14-15,17H,12,16H2,1H3,(H2,26,27,31). The van der Waals surface area contributed by atoms with Crippen LogP contribution in [0.3, 0.4) is 0 Å². The molecule has 32 heavy (non-hydrogen) atoms. The minimum atomic E-state index is -0.337. The molecule has 160 valence electrons. The van der Waals surface area contributed by atoms with Crippen LogP contribution in [0.25, 0.3) is 5.65 Å². The van der Waals surface area contributed by atoms with Crippen LogP contribution in [0.5, 0.6) is 5.75 Å². The minimum Gasteiger partial charge on any atom is -0.489 e. The summed E-state index contributed by atoms with van der Waals surface area (Å²) in [5.41, 5.74) is 3.25. The highest BCUT2D eigenvalue weighted by molar-refractivity contribution is 5.89. The molecule has 2 N–H and O–H groups in total. The zero-order valence-corrected chi connectivity index (χ0v) is 17.5. The molecule has 0 saturated carbocycles. The van der Waals surface area contributed by atoms with Crippen LogP contribution in [-0.4, -0.2) is 20.6 Å². The van der Waals surface area contributed by atoms with E-state index >= 15 is 0 Å². The topological polar surface area (TPSA) is 104 Å². The fourth-order valence-corrected chi connectivity index (χ4v) is 3.28. The maximum Gasteiger partial charge on any atom is 0.319 e. The first-order valence-electron chi connectivity index (χ1n) is 10.2. The van der Waals surface area contributed by atoms with Crippen LogP contribution in [0.15, 0.2) is 72.9 Å². The highest BCUT2D eigenvalue weighted by Crippen LogP contribution is 2.17. The number of hydrogen-bond acceptors (Lipinski definition) is 5. The van der Waals surface area contributed by atoms with Crippen LogP contribution in [0.1, 0.15) is 29.9 Å². The fourth-order valence-electron chi connectivity index (χ4n) is 3.28. The summed E-state index contributed by atoms with van der Waals surface area (Å²) < 4.78 is 7.65. The van der Waals surface area contributed by atoms with E-state index in [1.807, 2.05) is 84.3 Å². The number of hydrogen-bond donors (Lipinski definition) is 2. The quantitative estimate of drug-likeness (QED) is 0.460. The first-order valence-corrected chi connectivity index (χ1v) is 10.2. The van der Waals surface area contributed by atoms with E-state index in [0.717, 1.165) is 22.5 Å². The number of carbonyl (C=O) groups is 1. The highest BCUT2D eigenvalue weighted by Gasteiger charge is 2.15. The summed E-state index contributed by atoms with van der Waals surface area (Å²) in [6.07, 6.45) is 2.24. The summed E-state index contributed by atoms with van der Waals surface area (Å²) in [6, 6.07) is 22.0. The van der Waals surface area contributed by atoms with Crippen molar-refractivity contribution in [2.24, 2.45) is 0 Å². The maximum atomic E-state index is 12.5. The summed E-state index contributed by atoms with van der Waals surface area (Å²) in [4.78, 5) is 12.5. The number of pyridine rings is 1. The molecule has 0 radical (unpaired) electrons. The normalized spacial score (nSPS) is 11.5. The second kappa shape index (κ2) is 9.62. The Hall–Kier alpha value is -4.38. The lowest BCUT2D eigenvalue weighted by atomic mass is 10.1. The molecule has 4 rings (SSSR count). The molecule has 0 aliphatic rings. The van der Waals surface area contributed by atoms with Gasteiger partial charge in [-0.15, -0.1) is 10.2 Å². The number of nitrogens with zero attached hydrogens (tertiary/aromatic N) is 4. The van der Waals surface area contributed by atoms with Crippen molar-refractivity contribution in [2.45, 2.75) is 26.0 Å². The van der Waals surface area contributed by atoms with Gasteiger partial charge in [0.1, 0.15) is 12.4 Å². The molecule has 2 heterocycles. The van der Waals surface area contributed by atoms with Gasteiger partial charge in [0.25, 0.3) is 0 Å². The molecule has 0 spiro atoms. The van der Waals surface area contributed by atoms with E-state index in [9.17, 15) is 4.79 Å². The zero-order chi connectivity index (χ0) is 22.3. The van der Waals surface area contributed by atoms with Gasteiger partial charge in [0, 0.05) is 11.9 Å². The molecule has 2 amide bonds. The van der Waals surface area contributed by atoms with E-state index in [4.69, 9.17) is 10.00 Å². The van der Waals surface area contributed by atoms with Crippen LogP contribution in [0, 0.1) is 11.3 Å². The number of amides is 2. The van der Waals surface area contributed by atoms with Crippen molar-refractivity contribution < 1.29 is 9.53 Å². The third-order valence-electron chi connectivity index (χ3n) is 4.87. The first-order chi connectivity index (χ1) is 15.6. The van der Waals surface area contributed by atoms with E-state index in [-0.39, 0.29) is 12.1 Å². The van der Waals surface area contributed by atoms with Gasteiger partial charge >= 0.3 is 6.03 Å². The maximum absolute atomic E-state index is 12.5. The number of rotatable bonds is 7. The third-order valence-corrected chi connectivity index (χ3v) is 4.87. The monoisotopic (exact) mass is 426 g/mol. The Balaban J connectivity index is 1.34. The van der Waals surface area contributed by atoms with Crippen LogP contribution < -0.4 is 15.4 Å². The first kappa shape index (κ1) is 20.9. The Labute approximate surface area is 185 Å². The highest BCUT2D eigenvalue weighted by atomic mass is 16.5. The summed E-state index contributed by atoms with van der Waals surface area (Å²) in [7, 11) is 0. The molecule has 8 nitrogen and oxygen atoms in total. The summed E-state index contributed by atoms with van der Waals surface area (Å²) >= 11 is 0. The fraction of sp³-hybridized carbons (Fsp3) is 0.167. The van der Waals surface area contributed by atoms with Gasteiger partial charge < -0.3 is 15.4 Å². The molecule has 4 aromatic rings. The van der Waals surface area contributed by atoms with Crippen molar-refractivity contribution in [3.8, 4) is 11.8 Å². The molecule has 0 saturated heterocycles. The molecule has 1 atom stereocenters. The molecule has 0 aliphatic carbocycles. The predicted molar refractivity (Wildman–Crippen MR) is 120 cm³/mol. The number of benzene rings is 2. The smallest absolute Gasteiger partial charge is 0.319 e. The minimum absolute atomic E-state index is 0.331. The number of nitriles is 1. The number of aromatic nitrogens is 3. The number of urea groups is 1. The number of ether oxygens (including phenoxy) is 1. The molecular weight excluding hydrogens is 404 g/mol. The Bertz CT molecular complexity index is 1260. The largest absolute Gasteiger partial charge is 0.489 e.